The Labute approximate surface area is 188 Å². The van der Waals surface area contributed by atoms with Gasteiger partial charge in [0, 0.05) is 41.9 Å². The summed E-state index contributed by atoms with van der Waals surface area (Å²) >= 11 is 1.83. The number of methoxy groups -OCH3 is 1. The van der Waals surface area contributed by atoms with Crippen molar-refractivity contribution in [3.63, 3.8) is 0 Å². The van der Waals surface area contributed by atoms with Gasteiger partial charge in [0.05, 0.1) is 18.9 Å². The third kappa shape index (κ3) is 5.82. The molecule has 3 aromatic rings. The van der Waals surface area contributed by atoms with Gasteiger partial charge >= 0.3 is 0 Å². The summed E-state index contributed by atoms with van der Waals surface area (Å²) in [4.78, 5) is 8.19. The first-order valence-corrected chi connectivity index (χ1v) is 12.1. The van der Waals surface area contributed by atoms with Crippen LogP contribution in [0.1, 0.15) is 24.8 Å². The van der Waals surface area contributed by atoms with Crippen LogP contribution in [0.5, 0.6) is 5.75 Å². The number of pyridine rings is 1. The zero-order chi connectivity index (χ0) is 21.5. The van der Waals surface area contributed by atoms with Gasteiger partial charge in [0.25, 0.3) is 0 Å². The number of aliphatic hydroxyl groups is 1. The van der Waals surface area contributed by atoms with E-state index in [1.165, 1.54) is 22.3 Å². The number of furan rings is 1. The third-order valence-electron chi connectivity index (χ3n) is 6.44. The van der Waals surface area contributed by atoms with Crippen molar-refractivity contribution in [2.75, 3.05) is 39.1 Å². The summed E-state index contributed by atoms with van der Waals surface area (Å²) in [5, 5.41) is 11.2. The van der Waals surface area contributed by atoms with Crippen LogP contribution in [0.25, 0.3) is 10.9 Å². The van der Waals surface area contributed by atoms with Gasteiger partial charge in [-0.25, -0.2) is 0 Å². The normalized spacial score (nSPS) is 19.7. The second-order valence-corrected chi connectivity index (χ2v) is 9.51. The molecule has 0 aliphatic carbocycles. The highest BCUT2D eigenvalue weighted by Gasteiger charge is 2.28. The van der Waals surface area contributed by atoms with Crippen LogP contribution in [0.3, 0.4) is 0 Å². The molecule has 1 aliphatic rings. The maximum atomic E-state index is 10.0. The summed E-state index contributed by atoms with van der Waals surface area (Å²) < 4.78 is 10.5. The van der Waals surface area contributed by atoms with Crippen molar-refractivity contribution >= 4 is 22.7 Å². The van der Waals surface area contributed by atoms with E-state index in [1.54, 1.807) is 19.6 Å². The number of fused-ring (bicyclic) bond motifs is 1. The minimum Gasteiger partial charge on any atom is -0.497 e. The number of piperidine rings is 1. The van der Waals surface area contributed by atoms with E-state index >= 15 is 0 Å². The number of ether oxygens (including phenoxy) is 1. The molecule has 166 valence electrons. The Morgan fingerprint density at radius 1 is 1.26 bits per heavy atom. The molecular formula is C25H32N2O3S. The van der Waals surface area contributed by atoms with Crippen molar-refractivity contribution in [2.24, 2.45) is 11.8 Å². The van der Waals surface area contributed by atoms with E-state index < -0.39 is 0 Å². The number of hydrogen-bond acceptors (Lipinski definition) is 6. The number of aryl methyl sites for hydroxylation is 1. The van der Waals surface area contributed by atoms with Crippen LogP contribution in [0.2, 0.25) is 0 Å². The van der Waals surface area contributed by atoms with Crippen molar-refractivity contribution in [3.05, 3.63) is 54.6 Å². The third-order valence-corrected chi connectivity index (χ3v) is 7.39. The summed E-state index contributed by atoms with van der Waals surface area (Å²) in [6.45, 7) is 3.47. The summed E-state index contributed by atoms with van der Waals surface area (Å²) in [6, 6.07) is 10.2. The van der Waals surface area contributed by atoms with E-state index in [4.69, 9.17) is 9.15 Å². The first kappa shape index (κ1) is 22.2. The second-order valence-electron chi connectivity index (χ2n) is 8.34. The molecule has 2 aromatic heterocycles. The van der Waals surface area contributed by atoms with Crippen LogP contribution in [-0.2, 0) is 6.42 Å². The highest BCUT2D eigenvalue weighted by molar-refractivity contribution is 7.99. The van der Waals surface area contributed by atoms with Gasteiger partial charge in [0.1, 0.15) is 12.0 Å². The van der Waals surface area contributed by atoms with E-state index in [0.29, 0.717) is 11.8 Å². The van der Waals surface area contributed by atoms with E-state index in [-0.39, 0.29) is 6.61 Å². The van der Waals surface area contributed by atoms with Crippen LogP contribution in [0, 0.1) is 11.8 Å². The molecule has 1 saturated heterocycles. The smallest absolute Gasteiger partial charge is 0.119 e. The van der Waals surface area contributed by atoms with Gasteiger partial charge in [-0.15, -0.1) is 11.8 Å². The van der Waals surface area contributed by atoms with Crippen LogP contribution >= 0.6 is 11.8 Å². The lowest BCUT2D eigenvalue weighted by molar-refractivity contribution is 0.0710. The Bertz CT molecular complexity index is 947. The lowest BCUT2D eigenvalue weighted by Gasteiger charge is -2.38. The number of aromatic nitrogens is 1. The van der Waals surface area contributed by atoms with Crippen LogP contribution in [0.15, 0.2) is 58.4 Å². The van der Waals surface area contributed by atoms with Gasteiger partial charge in [-0.05, 0) is 80.0 Å². The van der Waals surface area contributed by atoms with Gasteiger partial charge in [-0.3, -0.25) is 4.98 Å². The van der Waals surface area contributed by atoms with Crippen LogP contribution in [0.4, 0.5) is 0 Å². The fraction of sp³-hybridized carbons (Fsp3) is 0.480. The molecule has 0 bridgehead atoms. The van der Waals surface area contributed by atoms with Crippen molar-refractivity contribution in [1.82, 2.24) is 9.88 Å². The largest absolute Gasteiger partial charge is 0.497 e. The standard InChI is InChI=1S/C25H32N2O3S/c1-29-22-5-6-25-24(15-22)20(7-10-26-25)4-2-3-19-8-11-27(16-21(19)17-28)12-14-31-23-9-13-30-18-23/h5-7,9-10,13,15,18-19,21,28H,2-4,8,11-12,14,16-17H2,1H3. The summed E-state index contributed by atoms with van der Waals surface area (Å²) in [5.41, 5.74) is 2.35. The fourth-order valence-corrected chi connectivity index (χ4v) is 5.52. The molecule has 4 rings (SSSR count). The molecule has 0 saturated carbocycles. The molecule has 2 atom stereocenters. The number of benzene rings is 1. The molecule has 0 amide bonds. The minimum atomic E-state index is 0.283. The summed E-state index contributed by atoms with van der Waals surface area (Å²) in [5.74, 6) is 2.91. The number of hydrogen-bond donors (Lipinski definition) is 1. The van der Waals surface area contributed by atoms with Gasteiger partial charge in [-0.2, -0.15) is 0 Å². The maximum Gasteiger partial charge on any atom is 0.119 e. The van der Waals surface area contributed by atoms with Crippen molar-refractivity contribution in [2.45, 2.75) is 30.6 Å². The number of nitrogens with zero attached hydrogens (tertiary/aromatic N) is 2. The van der Waals surface area contributed by atoms with E-state index in [9.17, 15) is 5.11 Å². The number of thioether (sulfide) groups is 1. The van der Waals surface area contributed by atoms with Crippen molar-refractivity contribution < 1.29 is 14.3 Å². The summed E-state index contributed by atoms with van der Waals surface area (Å²) in [7, 11) is 1.70. The minimum absolute atomic E-state index is 0.283. The number of aliphatic hydroxyl groups excluding tert-OH is 1. The monoisotopic (exact) mass is 440 g/mol. The Balaban J connectivity index is 1.26. The molecule has 1 aliphatic heterocycles. The molecule has 0 radical (unpaired) electrons. The average Bonchev–Trinajstić information content (AvgIpc) is 3.33. The van der Waals surface area contributed by atoms with Gasteiger partial charge in [-0.1, -0.05) is 0 Å². The predicted molar refractivity (Wildman–Crippen MR) is 126 cm³/mol. The van der Waals surface area contributed by atoms with Crippen molar-refractivity contribution in [1.29, 1.82) is 0 Å². The molecule has 31 heavy (non-hydrogen) atoms. The average molecular weight is 441 g/mol. The van der Waals surface area contributed by atoms with Crippen molar-refractivity contribution in [3.8, 4) is 5.75 Å². The molecule has 6 heteroatoms. The number of likely N-dealkylation sites (tertiary alicyclic amines) is 1. The second kappa shape index (κ2) is 11.0. The Morgan fingerprint density at radius 3 is 3.00 bits per heavy atom. The fourth-order valence-electron chi connectivity index (χ4n) is 4.65. The molecule has 0 spiro atoms. The molecule has 1 N–H and O–H groups in total. The highest BCUT2D eigenvalue weighted by atomic mass is 32.2. The van der Waals surface area contributed by atoms with Gasteiger partial charge in [0.15, 0.2) is 0 Å². The number of rotatable bonds is 10. The molecule has 3 heterocycles. The molecular weight excluding hydrogens is 408 g/mol. The van der Waals surface area contributed by atoms with E-state index in [1.807, 2.05) is 36.2 Å². The summed E-state index contributed by atoms with van der Waals surface area (Å²) in [6.07, 6.45) is 9.93. The topological polar surface area (TPSA) is 58.7 Å². The first-order valence-electron chi connectivity index (χ1n) is 11.2. The Kier molecular flexibility index (Phi) is 7.89. The van der Waals surface area contributed by atoms with E-state index in [0.717, 1.165) is 55.9 Å². The molecule has 2 unspecified atom stereocenters. The zero-order valence-electron chi connectivity index (χ0n) is 18.2. The SMILES string of the molecule is COc1ccc2nccc(CCCC3CCN(CCSc4ccoc4)CC3CO)c2c1. The Morgan fingerprint density at radius 2 is 2.19 bits per heavy atom. The highest BCUT2D eigenvalue weighted by Crippen LogP contribution is 2.30. The molecule has 1 aromatic carbocycles. The van der Waals surface area contributed by atoms with Crippen LogP contribution < -0.4 is 4.74 Å². The van der Waals surface area contributed by atoms with E-state index in [2.05, 4.69) is 22.0 Å². The lowest BCUT2D eigenvalue weighted by Crippen LogP contribution is -2.42. The van der Waals surface area contributed by atoms with Gasteiger partial charge in [0.2, 0.25) is 0 Å². The predicted octanol–water partition coefficient (Wildman–Crippen LogP) is 4.88. The van der Waals surface area contributed by atoms with Crippen LogP contribution in [-0.4, -0.2) is 54.1 Å². The molecule has 5 nitrogen and oxygen atoms in total. The zero-order valence-corrected chi connectivity index (χ0v) is 19.0. The molecule has 1 fully saturated rings. The maximum absolute atomic E-state index is 10.0. The first-order chi connectivity index (χ1) is 15.3. The quantitative estimate of drug-likeness (QED) is 0.453. The Hall–Kier alpha value is -2.02. The van der Waals surface area contributed by atoms with Gasteiger partial charge < -0.3 is 19.2 Å². The lowest BCUT2D eigenvalue weighted by atomic mass is 9.82.